The Labute approximate surface area is 95.6 Å². The summed E-state index contributed by atoms with van der Waals surface area (Å²) in [7, 11) is 1.43. The molecule has 1 aromatic carbocycles. The standard InChI is InChI=1S/C13H17NO2/c1-9-3-5-10(6-4-9)13(12(15)16-2)7-11(14)8-13/h3-6,11H,7-8,14H2,1-2H3. The second-order valence-corrected chi connectivity index (χ2v) is 4.61. The average molecular weight is 219 g/mol. The molecule has 0 unspecified atom stereocenters. The molecule has 0 spiro atoms. The van der Waals surface area contributed by atoms with Crippen LogP contribution < -0.4 is 5.73 Å². The lowest BCUT2D eigenvalue weighted by Gasteiger charge is -2.43. The summed E-state index contributed by atoms with van der Waals surface area (Å²) >= 11 is 0. The van der Waals surface area contributed by atoms with Crippen LogP contribution in [0.3, 0.4) is 0 Å². The van der Waals surface area contributed by atoms with Crippen molar-refractivity contribution < 1.29 is 9.53 Å². The molecule has 1 aromatic rings. The molecule has 2 rings (SSSR count). The van der Waals surface area contributed by atoms with Gasteiger partial charge >= 0.3 is 5.97 Å². The van der Waals surface area contributed by atoms with E-state index < -0.39 is 5.41 Å². The van der Waals surface area contributed by atoms with Gasteiger partial charge in [0.1, 0.15) is 0 Å². The summed E-state index contributed by atoms with van der Waals surface area (Å²) in [6.07, 6.45) is 1.37. The number of nitrogens with two attached hydrogens (primary N) is 1. The van der Waals surface area contributed by atoms with Gasteiger partial charge in [-0.1, -0.05) is 29.8 Å². The van der Waals surface area contributed by atoms with Gasteiger partial charge < -0.3 is 10.5 Å². The molecule has 0 amide bonds. The maximum Gasteiger partial charge on any atom is 0.316 e. The zero-order chi connectivity index (χ0) is 11.8. The van der Waals surface area contributed by atoms with Crippen LogP contribution in [0.4, 0.5) is 0 Å². The number of ether oxygens (including phenoxy) is 1. The lowest BCUT2D eigenvalue weighted by molar-refractivity contribution is -0.152. The minimum atomic E-state index is -0.498. The molecule has 3 heteroatoms. The van der Waals surface area contributed by atoms with E-state index in [1.807, 2.05) is 31.2 Å². The summed E-state index contributed by atoms with van der Waals surface area (Å²) in [4.78, 5) is 11.9. The second-order valence-electron chi connectivity index (χ2n) is 4.61. The molecule has 0 heterocycles. The maximum absolute atomic E-state index is 11.9. The lowest BCUT2D eigenvalue weighted by Crippen LogP contribution is -2.54. The Kier molecular flexibility index (Phi) is 2.72. The second kappa shape index (κ2) is 3.91. The van der Waals surface area contributed by atoms with Crippen molar-refractivity contribution >= 4 is 5.97 Å². The Morgan fingerprint density at radius 2 is 1.94 bits per heavy atom. The first-order chi connectivity index (χ1) is 7.58. The molecule has 86 valence electrons. The van der Waals surface area contributed by atoms with Gasteiger partial charge in [-0.05, 0) is 25.3 Å². The van der Waals surface area contributed by atoms with Gasteiger partial charge in [0.25, 0.3) is 0 Å². The number of esters is 1. The maximum atomic E-state index is 11.9. The fourth-order valence-electron chi connectivity index (χ4n) is 2.42. The molecule has 0 aliphatic heterocycles. The molecule has 0 saturated heterocycles. The van der Waals surface area contributed by atoms with Gasteiger partial charge in [-0.15, -0.1) is 0 Å². The largest absolute Gasteiger partial charge is 0.468 e. The first-order valence-corrected chi connectivity index (χ1v) is 5.49. The highest BCUT2D eigenvalue weighted by molar-refractivity contribution is 5.84. The van der Waals surface area contributed by atoms with E-state index in [4.69, 9.17) is 10.5 Å². The van der Waals surface area contributed by atoms with Gasteiger partial charge in [0.05, 0.1) is 12.5 Å². The number of hydrogen-bond acceptors (Lipinski definition) is 3. The van der Waals surface area contributed by atoms with Crippen molar-refractivity contribution in [3.8, 4) is 0 Å². The van der Waals surface area contributed by atoms with E-state index in [-0.39, 0.29) is 12.0 Å². The molecule has 0 radical (unpaired) electrons. The van der Waals surface area contributed by atoms with Gasteiger partial charge in [-0.2, -0.15) is 0 Å². The van der Waals surface area contributed by atoms with Crippen molar-refractivity contribution in [3.05, 3.63) is 35.4 Å². The predicted molar refractivity (Wildman–Crippen MR) is 62.1 cm³/mol. The third-order valence-corrected chi connectivity index (χ3v) is 3.40. The fourth-order valence-corrected chi connectivity index (χ4v) is 2.42. The third kappa shape index (κ3) is 1.61. The number of hydrogen-bond donors (Lipinski definition) is 1. The average Bonchev–Trinajstić information content (AvgIpc) is 2.25. The molecule has 16 heavy (non-hydrogen) atoms. The Balaban J connectivity index is 2.34. The van der Waals surface area contributed by atoms with E-state index >= 15 is 0 Å². The summed E-state index contributed by atoms with van der Waals surface area (Å²) in [5.74, 6) is -0.168. The SMILES string of the molecule is COC(=O)C1(c2ccc(C)cc2)CC(N)C1. The Bertz CT molecular complexity index is 391. The van der Waals surface area contributed by atoms with Crippen molar-refractivity contribution in [2.45, 2.75) is 31.2 Å². The monoisotopic (exact) mass is 219 g/mol. The molecule has 1 aliphatic carbocycles. The van der Waals surface area contributed by atoms with Crippen molar-refractivity contribution in [2.24, 2.45) is 5.73 Å². The van der Waals surface area contributed by atoms with E-state index in [0.717, 1.165) is 5.56 Å². The topological polar surface area (TPSA) is 52.3 Å². The number of methoxy groups -OCH3 is 1. The first-order valence-electron chi connectivity index (χ1n) is 5.49. The van der Waals surface area contributed by atoms with Crippen LogP contribution in [0.5, 0.6) is 0 Å². The molecule has 0 aromatic heterocycles. The van der Waals surface area contributed by atoms with Gasteiger partial charge in [0, 0.05) is 6.04 Å². The highest BCUT2D eigenvalue weighted by Gasteiger charge is 2.51. The fraction of sp³-hybridized carbons (Fsp3) is 0.462. The first kappa shape index (κ1) is 11.1. The minimum absolute atomic E-state index is 0.111. The van der Waals surface area contributed by atoms with E-state index in [2.05, 4.69) is 0 Å². The Morgan fingerprint density at radius 3 is 2.38 bits per heavy atom. The summed E-state index contributed by atoms with van der Waals surface area (Å²) in [5.41, 5.74) is 7.52. The van der Waals surface area contributed by atoms with Crippen LogP contribution in [-0.2, 0) is 14.9 Å². The highest BCUT2D eigenvalue weighted by atomic mass is 16.5. The van der Waals surface area contributed by atoms with Crippen LogP contribution in [0.2, 0.25) is 0 Å². The molecule has 2 N–H and O–H groups in total. The van der Waals surface area contributed by atoms with Crippen LogP contribution in [0.1, 0.15) is 24.0 Å². The summed E-state index contributed by atoms with van der Waals surface area (Å²) in [6.45, 7) is 2.03. The van der Waals surface area contributed by atoms with Crippen LogP contribution in [0.15, 0.2) is 24.3 Å². The zero-order valence-electron chi connectivity index (χ0n) is 9.69. The van der Waals surface area contributed by atoms with Crippen LogP contribution in [0, 0.1) is 6.92 Å². The molecule has 3 nitrogen and oxygen atoms in total. The van der Waals surface area contributed by atoms with Gasteiger partial charge in [-0.3, -0.25) is 4.79 Å². The predicted octanol–water partition coefficient (Wildman–Crippen LogP) is 1.53. The molecule has 0 bridgehead atoms. The van der Waals surface area contributed by atoms with Crippen LogP contribution in [0.25, 0.3) is 0 Å². The number of carbonyl (C=O) groups excluding carboxylic acids is 1. The molecular formula is C13H17NO2. The van der Waals surface area contributed by atoms with Crippen LogP contribution >= 0.6 is 0 Å². The Morgan fingerprint density at radius 1 is 1.38 bits per heavy atom. The highest BCUT2D eigenvalue weighted by Crippen LogP contribution is 2.44. The third-order valence-electron chi connectivity index (χ3n) is 3.40. The van der Waals surface area contributed by atoms with Crippen molar-refractivity contribution in [2.75, 3.05) is 7.11 Å². The normalized spacial score (nSPS) is 28.3. The molecule has 0 atom stereocenters. The van der Waals surface area contributed by atoms with Crippen molar-refractivity contribution in [1.29, 1.82) is 0 Å². The van der Waals surface area contributed by atoms with E-state index in [0.29, 0.717) is 12.8 Å². The zero-order valence-corrected chi connectivity index (χ0v) is 9.69. The van der Waals surface area contributed by atoms with E-state index in [1.165, 1.54) is 12.7 Å². The Hall–Kier alpha value is -1.35. The smallest absolute Gasteiger partial charge is 0.316 e. The van der Waals surface area contributed by atoms with Crippen LogP contribution in [-0.4, -0.2) is 19.1 Å². The van der Waals surface area contributed by atoms with E-state index in [9.17, 15) is 4.79 Å². The van der Waals surface area contributed by atoms with Gasteiger partial charge in [0.15, 0.2) is 0 Å². The van der Waals surface area contributed by atoms with Gasteiger partial charge in [-0.25, -0.2) is 0 Å². The molecule has 1 aliphatic rings. The van der Waals surface area contributed by atoms with E-state index in [1.54, 1.807) is 0 Å². The minimum Gasteiger partial charge on any atom is -0.468 e. The summed E-state index contributed by atoms with van der Waals surface area (Å²) < 4.78 is 4.90. The summed E-state index contributed by atoms with van der Waals surface area (Å²) in [5, 5.41) is 0. The summed E-state index contributed by atoms with van der Waals surface area (Å²) in [6, 6.07) is 8.14. The molecular weight excluding hydrogens is 202 g/mol. The molecule has 1 fully saturated rings. The number of rotatable bonds is 2. The lowest BCUT2D eigenvalue weighted by atomic mass is 9.62. The van der Waals surface area contributed by atoms with Crippen molar-refractivity contribution in [3.63, 3.8) is 0 Å². The number of carbonyl (C=O) groups is 1. The number of aryl methyl sites for hydroxylation is 1. The van der Waals surface area contributed by atoms with Gasteiger partial charge in [0.2, 0.25) is 0 Å². The quantitative estimate of drug-likeness (QED) is 0.767. The number of benzene rings is 1. The molecule has 1 saturated carbocycles. The van der Waals surface area contributed by atoms with Crippen molar-refractivity contribution in [1.82, 2.24) is 0 Å².